The van der Waals surface area contributed by atoms with Gasteiger partial charge in [-0.25, -0.2) is 4.79 Å². The Morgan fingerprint density at radius 1 is 1.35 bits per heavy atom. The molecule has 0 aromatic heterocycles. The summed E-state index contributed by atoms with van der Waals surface area (Å²) in [7, 11) is 0. The SMILES string of the molecule is CCCC(C)(NC(=O)CSc1ccc(Cl)cc1)C(=O)O. The summed E-state index contributed by atoms with van der Waals surface area (Å²) in [5.41, 5.74) is -1.20. The van der Waals surface area contributed by atoms with Gasteiger partial charge in [-0.3, -0.25) is 4.79 Å². The van der Waals surface area contributed by atoms with Crippen molar-refractivity contribution in [3.8, 4) is 0 Å². The van der Waals surface area contributed by atoms with Gasteiger partial charge < -0.3 is 10.4 Å². The van der Waals surface area contributed by atoms with Crippen LogP contribution in [0.4, 0.5) is 0 Å². The maximum Gasteiger partial charge on any atom is 0.329 e. The highest BCUT2D eigenvalue weighted by Crippen LogP contribution is 2.20. The lowest BCUT2D eigenvalue weighted by molar-refractivity contribution is -0.146. The van der Waals surface area contributed by atoms with Gasteiger partial charge in [-0.2, -0.15) is 0 Å². The van der Waals surface area contributed by atoms with Crippen molar-refractivity contribution in [2.24, 2.45) is 0 Å². The molecule has 1 aromatic rings. The minimum Gasteiger partial charge on any atom is -0.480 e. The Bertz CT molecular complexity index is 478. The summed E-state index contributed by atoms with van der Waals surface area (Å²) < 4.78 is 0. The van der Waals surface area contributed by atoms with Gasteiger partial charge in [0.1, 0.15) is 5.54 Å². The van der Waals surface area contributed by atoms with Gasteiger partial charge in [-0.05, 0) is 37.6 Å². The molecule has 20 heavy (non-hydrogen) atoms. The molecule has 0 saturated heterocycles. The molecule has 1 unspecified atom stereocenters. The molecule has 0 aliphatic rings. The van der Waals surface area contributed by atoms with E-state index in [0.29, 0.717) is 17.9 Å². The van der Waals surface area contributed by atoms with Crippen molar-refractivity contribution in [3.63, 3.8) is 0 Å². The lowest BCUT2D eigenvalue weighted by atomic mass is 9.96. The van der Waals surface area contributed by atoms with Crippen LogP contribution >= 0.6 is 23.4 Å². The summed E-state index contributed by atoms with van der Waals surface area (Å²) in [6.07, 6.45) is 1.09. The zero-order valence-corrected chi connectivity index (χ0v) is 13.1. The second-order valence-corrected chi connectivity index (χ2v) is 6.16. The molecule has 0 bridgehead atoms. The fourth-order valence-electron chi connectivity index (χ4n) is 1.75. The largest absolute Gasteiger partial charge is 0.480 e. The van der Waals surface area contributed by atoms with Gasteiger partial charge in [0, 0.05) is 9.92 Å². The molecule has 110 valence electrons. The molecule has 4 nitrogen and oxygen atoms in total. The molecule has 0 aliphatic carbocycles. The van der Waals surface area contributed by atoms with Crippen molar-refractivity contribution in [3.05, 3.63) is 29.3 Å². The van der Waals surface area contributed by atoms with Crippen molar-refractivity contribution in [1.29, 1.82) is 0 Å². The summed E-state index contributed by atoms with van der Waals surface area (Å²) in [5, 5.41) is 12.4. The number of benzene rings is 1. The van der Waals surface area contributed by atoms with Gasteiger partial charge >= 0.3 is 5.97 Å². The Kier molecular flexibility index (Phi) is 6.36. The number of aliphatic carboxylic acids is 1. The van der Waals surface area contributed by atoms with E-state index in [4.69, 9.17) is 11.6 Å². The van der Waals surface area contributed by atoms with Crippen molar-refractivity contribution in [1.82, 2.24) is 5.32 Å². The predicted octanol–water partition coefficient (Wildman–Crippen LogP) is 3.19. The Morgan fingerprint density at radius 2 is 1.95 bits per heavy atom. The first-order valence-electron chi connectivity index (χ1n) is 6.30. The fraction of sp³-hybridized carbons (Fsp3) is 0.429. The molecule has 0 radical (unpaired) electrons. The number of thioether (sulfide) groups is 1. The first-order valence-corrected chi connectivity index (χ1v) is 7.66. The molecule has 6 heteroatoms. The maximum atomic E-state index is 11.9. The van der Waals surface area contributed by atoms with E-state index in [1.807, 2.05) is 19.1 Å². The molecule has 1 atom stereocenters. The van der Waals surface area contributed by atoms with E-state index in [-0.39, 0.29) is 11.7 Å². The zero-order chi connectivity index (χ0) is 15.2. The first kappa shape index (κ1) is 16.9. The first-order chi connectivity index (χ1) is 9.37. The average molecular weight is 316 g/mol. The lowest BCUT2D eigenvalue weighted by Crippen LogP contribution is -2.52. The molecule has 0 fully saturated rings. The summed E-state index contributed by atoms with van der Waals surface area (Å²) >= 11 is 7.12. The topological polar surface area (TPSA) is 66.4 Å². The van der Waals surface area contributed by atoms with E-state index < -0.39 is 11.5 Å². The molecule has 1 aromatic carbocycles. The van der Waals surface area contributed by atoms with Crippen LogP contribution in [0, 0.1) is 0 Å². The summed E-state index contributed by atoms with van der Waals surface area (Å²) in [5.74, 6) is -1.12. The number of hydrogen-bond donors (Lipinski definition) is 2. The Hall–Kier alpha value is -1.20. The van der Waals surface area contributed by atoms with E-state index in [2.05, 4.69) is 5.32 Å². The zero-order valence-electron chi connectivity index (χ0n) is 11.5. The van der Waals surface area contributed by atoms with E-state index in [1.165, 1.54) is 18.7 Å². The number of nitrogens with one attached hydrogen (secondary N) is 1. The summed E-state index contributed by atoms with van der Waals surface area (Å²) in [6.45, 7) is 3.42. The molecular weight excluding hydrogens is 298 g/mol. The van der Waals surface area contributed by atoms with Crippen LogP contribution in [0.5, 0.6) is 0 Å². The van der Waals surface area contributed by atoms with Crippen molar-refractivity contribution in [2.45, 2.75) is 37.1 Å². The number of carboxylic acids is 1. The number of hydrogen-bond acceptors (Lipinski definition) is 3. The van der Waals surface area contributed by atoms with Crippen LogP contribution in [0.3, 0.4) is 0 Å². The van der Waals surface area contributed by atoms with E-state index in [9.17, 15) is 14.7 Å². The van der Waals surface area contributed by atoms with Gasteiger partial charge in [0.15, 0.2) is 0 Å². The van der Waals surface area contributed by atoms with E-state index in [1.54, 1.807) is 12.1 Å². The summed E-state index contributed by atoms with van der Waals surface area (Å²) in [4.78, 5) is 24.0. The molecular formula is C14H18ClNO3S. The van der Waals surface area contributed by atoms with E-state index in [0.717, 1.165) is 4.90 Å². The number of amides is 1. The molecule has 0 aliphatic heterocycles. The Labute approximate surface area is 127 Å². The molecule has 1 amide bonds. The normalized spacial score (nSPS) is 13.6. The van der Waals surface area contributed by atoms with Crippen LogP contribution in [0.15, 0.2) is 29.2 Å². The van der Waals surface area contributed by atoms with Crippen LogP contribution in [0.1, 0.15) is 26.7 Å². The standard InChI is InChI=1S/C14H18ClNO3S/c1-3-8-14(2,13(18)19)16-12(17)9-20-11-6-4-10(15)5-7-11/h4-7H,3,8-9H2,1-2H3,(H,16,17)(H,18,19). The number of carbonyl (C=O) groups excluding carboxylic acids is 1. The van der Waals surface area contributed by atoms with Gasteiger partial charge in [0.2, 0.25) is 5.91 Å². The Morgan fingerprint density at radius 3 is 2.45 bits per heavy atom. The highest BCUT2D eigenvalue weighted by molar-refractivity contribution is 8.00. The van der Waals surface area contributed by atoms with Gasteiger partial charge in [-0.1, -0.05) is 24.9 Å². The predicted molar refractivity (Wildman–Crippen MR) is 81.3 cm³/mol. The highest BCUT2D eigenvalue weighted by atomic mass is 35.5. The van der Waals surface area contributed by atoms with E-state index >= 15 is 0 Å². The van der Waals surface area contributed by atoms with Crippen LogP contribution < -0.4 is 5.32 Å². The third-order valence-corrected chi connectivity index (χ3v) is 4.08. The molecule has 2 N–H and O–H groups in total. The average Bonchev–Trinajstić information content (AvgIpc) is 2.38. The minimum absolute atomic E-state index is 0.175. The van der Waals surface area contributed by atoms with Crippen molar-refractivity contribution >= 4 is 35.2 Å². The smallest absolute Gasteiger partial charge is 0.329 e. The number of carbonyl (C=O) groups is 2. The second kappa shape index (κ2) is 7.55. The Balaban J connectivity index is 2.54. The molecule has 0 saturated carbocycles. The van der Waals surface area contributed by atoms with Crippen molar-refractivity contribution in [2.75, 3.05) is 5.75 Å². The van der Waals surface area contributed by atoms with Gasteiger partial charge in [0.05, 0.1) is 5.75 Å². The van der Waals surface area contributed by atoms with Crippen molar-refractivity contribution < 1.29 is 14.7 Å². The lowest BCUT2D eigenvalue weighted by Gasteiger charge is -2.25. The number of carboxylic acid groups (broad SMARTS) is 1. The fourth-order valence-corrected chi connectivity index (χ4v) is 2.57. The van der Waals surface area contributed by atoms with Crippen LogP contribution in [-0.4, -0.2) is 28.3 Å². The number of rotatable bonds is 7. The van der Waals surface area contributed by atoms with Crippen LogP contribution in [0.25, 0.3) is 0 Å². The molecule has 1 rings (SSSR count). The third kappa shape index (κ3) is 5.06. The van der Waals surface area contributed by atoms with Crippen LogP contribution in [-0.2, 0) is 9.59 Å². The van der Waals surface area contributed by atoms with Gasteiger partial charge in [-0.15, -0.1) is 11.8 Å². The quantitative estimate of drug-likeness (QED) is 0.758. The summed E-state index contributed by atoms with van der Waals surface area (Å²) in [6, 6.07) is 7.14. The maximum absolute atomic E-state index is 11.9. The van der Waals surface area contributed by atoms with Crippen LogP contribution in [0.2, 0.25) is 5.02 Å². The minimum atomic E-state index is -1.20. The van der Waals surface area contributed by atoms with Gasteiger partial charge in [0.25, 0.3) is 0 Å². The second-order valence-electron chi connectivity index (χ2n) is 4.68. The monoisotopic (exact) mass is 315 g/mol. The molecule has 0 spiro atoms. The highest BCUT2D eigenvalue weighted by Gasteiger charge is 2.33. The number of halogens is 1. The molecule has 0 heterocycles. The third-order valence-electron chi connectivity index (χ3n) is 2.82.